The van der Waals surface area contributed by atoms with Gasteiger partial charge in [-0.15, -0.1) is 0 Å². The maximum atomic E-state index is 11.6. The number of benzene rings is 1. The first kappa shape index (κ1) is 16.8. The molecule has 3 nitrogen and oxygen atoms in total. The summed E-state index contributed by atoms with van der Waals surface area (Å²) in [6.07, 6.45) is 0. The Bertz CT molecular complexity index is 663. The molecule has 0 N–H and O–H groups in total. The third-order valence-electron chi connectivity index (χ3n) is 3.73. The average molecular weight is 319 g/mol. The molecule has 1 aromatic heterocycles. The van der Waals surface area contributed by atoms with Gasteiger partial charge in [-0.05, 0) is 34.7 Å². The molecule has 0 unspecified atom stereocenters. The van der Waals surface area contributed by atoms with Gasteiger partial charge in [0.05, 0.1) is 12.2 Å². The molecule has 0 aliphatic rings. The number of rotatable bonds is 4. The number of carbonyl (C=O) groups excluding carboxylic acids is 1. The summed E-state index contributed by atoms with van der Waals surface area (Å²) in [6, 6.07) is 10.2. The average Bonchev–Trinajstić information content (AvgIpc) is 2.83. The van der Waals surface area contributed by atoms with E-state index in [-0.39, 0.29) is 5.41 Å². The van der Waals surface area contributed by atoms with Gasteiger partial charge in [-0.3, -0.25) is 9.48 Å². The second-order valence-corrected chi connectivity index (χ2v) is 7.34. The maximum absolute atomic E-state index is 11.6. The Morgan fingerprint density at radius 3 is 2.27 bits per heavy atom. The van der Waals surface area contributed by atoms with Crippen molar-refractivity contribution in [2.24, 2.45) is 0 Å². The minimum atomic E-state index is -0.471. The minimum Gasteiger partial charge on any atom is -0.274 e. The summed E-state index contributed by atoms with van der Waals surface area (Å²) < 4.78 is 1.69. The summed E-state index contributed by atoms with van der Waals surface area (Å²) >= 11 is 5.71. The van der Waals surface area contributed by atoms with E-state index in [0.29, 0.717) is 18.2 Å². The van der Waals surface area contributed by atoms with Crippen LogP contribution in [0.4, 0.5) is 0 Å². The van der Waals surface area contributed by atoms with Crippen LogP contribution >= 0.6 is 11.6 Å². The van der Waals surface area contributed by atoms with Crippen LogP contribution in [0.2, 0.25) is 0 Å². The van der Waals surface area contributed by atoms with E-state index in [2.05, 4.69) is 64.0 Å². The topological polar surface area (TPSA) is 34.9 Å². The van der Waals surface area contributed by atoms with Crippen molar-refractivity contribution >= 4 is 16.8 Å². The number of aromatic nitrogens is 2. The molecule has 0 saturated heterocycles. The van der Waals surface area contributed by atoms with Crippen LogP contribution in [0.3, 0.4) is 0 Å². The molecular formula is C18H23ClN2O. The molecule has 0 aliphatic carbocycles. The number of carbonyl (C=O) groups is 1. The van der Waals surface area contributed by atoms with Gasteiger partial charge in [-0.2, -0.15) is 5.10 Å². The summed E-state index contributed by atoms with van der Waals surface area (Å²) in [4.78, 5) is 11.6. The lowest BCUT2D eigenvalue weighted by molar-refractivity contribution is 0.107. The van der Waals surface area contributed by atoms with Crippen LogP contribution < -0.4 is 0 Å². The van der Waals surface area contributed by atoms with E-state index in [1.165, 1.54) is 5.56 Å². The second kappa shape index (κ2) is 6.25. The van der Waals surface area contributed by atoms with Gasteiger partial charge in [-0.25, -0.2) is 0 Å². The van der Waals surface area contributed by atoms with Crippen molar-refractivity contribution in [3.8, 4) is 0 Å². The van der Waals surface area contributed by atoms with Gasteiger partial charge >= 0.3 is 0 Å². The third-order valence-corrected chi connectivity index (χ3v) is 3.92. The van der Waals surface area contributed by atoms with E-state index in [1.54, 1.807) is 10.7 Å². The molecule has 0 aliphatic heterocycles. The smallest absolute Gasteiger partial charge is 0.270 e. The zero-order valence-electron chi connectivity index (χ0n) is 13.9. The molecule has 0 amide bonds. The first-order chi connectivity index (χ1) is 10.2. The molecule has 22 heavy (non-hydrogen) atoms. The predicted molar refractivity (Wildman–Crippen MR) is 90.7 cm³/mol. The number of hydrogen-bond donors (Lipinski definition) is 0. The van der Waals surface area contributed by atoms with Crippen molar-refractivity contribution in [1.29, 1.82) is 0 Å². The van der Waals surface area contributed by atoms with Gasteiger partial charge in [-0.1, -0.05) is 58.9 Å². The predicted octanol–water partition coefficient (Wildman–Crippen LogP) is 4.73. The standard InChI is InChI=1S/C18H23ClN2O/c1-12(2)14-8-6-13(7-9-14)11-21-15(17(19)22)10-16(20-21)18(3,4)5/h6-10,12H,11H2,1-5H3. The molecular weight excluding hydrogens is 296 g/mol. The molecule has 2 rings (SSSR count). The van der Waals surface area contributed by atoms with Gasteiger partial charge in [0, 0.05) is 5.41 Å². The van der Waals surface area contributed by atoms with Crippen molar-refractivity contribution in [2.75, 3.05) is 0 Å². The molecule has 1 aromatic carbocycles. The lowest BCUT2D eigenvalue weighted by Crippen LogP contribution is -2.13. The van der Waals surface area contributed by atoms with Gasteiger partial charge in [0.1, 0.15) is 5.69 Å². The fourth-order valence-electron chi connectivity index (χ4n) is 2.24. The van der Waals surface area contributed by atoms with Crippen LogP contribution in [0, 0.1) is 0 Å². The van der Waals surface area contributed by atoms with E-state index >= 15 is 0 Å². The zero-order chi connectivity index (χ0) is 16.5. The lowest BCUT2D eigenvalue weighted by Gasteiger charge is -2.14. The molecule has 0 atom stereocenters. The Morgan fingerprint density at radius 2 is 1.82 bits per heavy atom. The summed E-state index contributed by atoms with van der Waals surface area (Å²) in [5.74, 6) is 0.506. The van der Waals surface area contributed by atoms with Gasteiger partial charge in [0.15, 0.2) is 0 Å². The fraction of sp³-hybridized carbons (Fsp3) is 0.444. The monoisotopic (exact) mass is 318 g/mol. The summed E-state index contributed by atoms with van der Waals surface area (Å²) in [5.41, 5.74) is 3.60. The first-order valence-electron chi connectivity index (χ1n) is 7.55. The number of nitrogens with zero attached hydrogens (tertiary/aromatic N) is 2. The highest BCUT2D eigenvalue weighted by Crippen LogP contribution is 2.23. The van der Waals surface area contributed by atoms with Crippen LogP contribution in [0.25, 0.3) is 0 Å². The number of hydrogen-bond acceptors (Lipinski definition) is 2. The molecule has 0 fully saturated rings. The largest absolute Gasteiger partial charge is 0.274 e. The van der Waals surface area contributed by atoms with Crippen LogP contribution in [-0.2, 0) is 12.0 Å². The van der Waals surface area contributed by atoms with E-state index < -0.39 is 5.24 Å². The van der Waals surface area contributed by atoms with Crippen molar-refractivity contribution in [1.82, 2.24) is 9.78 Å². The van der Waals surface area contributed by atoms with Crippen LogP contribution in [0.5, 0.6) is 0 Å². The van der Waals surface area contributed by atoms with Gasteiger partial charge in [0.2, 0.25) is 0 Å². The molecule has 0 radical (unpaired) electrons. The Kier molecular flexibility index (Phi) is 4.76. The van der Waals surface area contributed by atoms with E-state index in [1.807, 2.05) is 0 Å². The van der Waals surface area contributed by atoms with Crippen molar-refractivity contribution in [2.45, 2.75) is 52.5 Å². The van der Waals surface area contributed by atoms with Crippen molar-refractivity contribution in [3.63, 3.8) is 0 Å². The quantitative estimate of drug-likeness (QED) is 0.764. The lowest BCUT2D eigenvalue weighted by atomic mass is 9.92. The molecule has 1 heterocycles. The number of halogens is 1. The third kappa shape index (κ3) is 3.77. The Balaban J connectivity index is 2.32. The van der Waals surface area contributed by atoms with E-state index in [4.69, 9.17) is 11.6 Å². The van der Waals surface area contributed by atoms with Gasteiger partial charge < -0.3 is 0 Å². The van der Waals surface area contributed by atoms with E-state index in [9.17, 15) is 4.79 Å². The Labute approximate surface area is 137 Å². The van der Waals surface area contributed by atoms with Crippen LogP contribution in [0.15, 0.2) is 30.3 Å². The molecule has 4 heteroatoms. The summed E-state index contributed by atoms with van der Waals surface area (Å²) in [7, 11) is 0. The summed E-state index contributed by atoms with van der Waals surface area (Å²) in [5, 5.41) is 4.10. The first-order valence-corrected chi connectivity index (χ1v) is 7.93. The molecule has 0 spiro atoms. The molecule has 0 bridgehead atoms. The van der Waals surface area contributed by atoms with Crippen molar-refractivity contribution in [3.05, 3.63) is 52.8 Å². The Morgan fingerprint density at radius 1 is 1.23 bits per heavy atom. The summed E-state index contributed by atoms with van der Waals surface area (Å²) in [6.45, 7) is 11.1. The highest BCUT2D eigenvalue weighted by molar-refractivity contribution is 6.67. The highest BCUT2D eigenvalue weighted by atomic mass is 35.5. The molecule has 0 saturated carbocycles. The molecule has 118 valence electrons. The zero-order valence-corrected chi connectivity index (χ0v) is 14.6. The fourth-order valence-corrected chi connectivity index (χ4v) is 2.40. The van der Waals surface area contributed by atoms with E-state index in [0.717, 1.165) is 11.3 Å². The maximum Gasteiger partial charge on any atom is 0.270 e. The minimum absolute atomic E-state index is 0.117. The van der Waals surface area contributed by atoms with Crippen LogP contribution in [-0.4, -0.2) is 15.0 Å². The SMILES string of the molecule is CC(C)c1ccc(Cn2nc(C(C)(C)C)cc2C(=O)Cl)cc1. The van der Waals surface area contributed by atoms with Crippen LogP contribution in [0.1, 0.15) is 67.8 Å². The Hall–Kier alpha value is -1.61. The second-order valence-electron chi connectivity index (χ2n) is 6.99. The normalized spacial score (nSPS) is 12.0. The van der Waals surface area contributed by atoms with Crippen molar-refractivity contribution < 1.29 is 4.79 Å². The highest BCUT2D eigenvalue weighted by Gasteiger charge is 2.22. The van der Waals surface area contributed by atoms with Gasteiger partial charge in [0.25, 0.3) is 5.24 Å². The molecule has 2 aromatic rings.